The van der Waals surface area contributed by atoms with E-state index in [1.165, 1.54) is 11.3 Å². The molecule has 1 fully saturated rings. The maximum Gasteiger partial charge on any atom is 0.253 e. The minimum Gasteiger partial charge on any atom is -0.355 e. The monoisotopic (exact) mass is 552 g/mol. The molecule has 0 spiro atoms. The largest absolute Gasteiger partial charge is 0.355 e. The summed E-state index contributed by atoms with van der Waals surface area (Å²) in [4.78, 5) is 20.3. The van der Waals surface area contributed by atoms with Gasteiger partial charge in [0, 0.05) is 48.9 Å². The van der Waals surface area contributed by atoms with Crippen LogP contribution in [-0.4, -0.2) is 48.7 Å². The summed E-state index contributed by atoms with van der Waals surface area (Å²) in [6.45, 7) is 5.38. The van der Waals surface area contributed by atoms with E-state index in [0.29, 0.717) is 11.8 Å². The maximum absolute atomic E-state index is 12.7. The number of benzene rings is 2. The van der Waals surface area contributed by atoms with Gasteiger partial charge in [-0.05, 0) is 49.1 Å². The van der Waals surface area contributed by atoms with Crippen molar-refractivity contribution in [2.24, 2.45) is 4.99 Å². The normalized spacial score (nSPS) is 15.0. The van der Waals surface area contributed by atoms with Gasteiger partial charge in [-0.3, -0.25) is 9.79 Å². The molecule has 1 amide bonds. The van der Waals surface area contributed by atoms with E-state index in [4.69, 9.17) is 0 Å². The van der Waals surface area contributed by atoms with Gasteiger partial charge in [-0.1, -0.05) is 37.3 Å². The zero-order valence-electron chi connectivity index (χ0n) is 18.3. The molecule has 1 saturated heterocycles. The summed E-state index contributed by atoms with van der Waals surface area (Å²) in [5, 5.41) is 7.16. The van der Waals surface area contributed by atoms with Crippen LogP contribution in [0.4, 0.5) is 0 Å². The van der Waals surface area contributed by atoms with E-state index in [1.54, 1.807) is 7.05 Å². The number of nitrogens with zero attached hydrogens (tertiary/aromatic N) is 2. The molecule has 168 valence electrons. The highest BCUT2D eigenvalue weighted by Crippen LogP contribution is 2.21. The van der Waals surface area contributed by atoms with Gasteiger partial charge in [0.15, 0.2) is 5.96 Å². The predicted octanol–water partition coefficient (Wildman–Crippen LogP) is 4.78. The molecule has 2 aromatic carbocycles. The lowest BCUT2D eigenvalue weighted by atomic mass is 10.1. The van der Waals surface area contributed by atoms with Gasteiger partial charge in [-0.25, -0.2) is 0 Å². The summed E-state index contributed by atoms with van der Waals surface area (Å²) in [6.07, 6.45) is 3.44. The SMILES string of the molecule is CN=C(NCc1cccc(C(=O)N2CCCCC2)c1)NCC(C)Sc1ccccc1.I. The molecule has 3 rings (SSSR count). The third-order valence-electron chi connectivity index (χ3n) is 5.14. The number of carbonyl (C=O) groups excluding carboxylic acids is 1. The third-order valence-corrected chi connectivity index (χ3v) is 6.25. The summed E-state index contributed by atoms with van der Waals surface area (Å²) in [6, 6.07) is 18.3. The topological polar surface area (TPSA) is 56.7 Å². The number of hydrogen-bond donors (Lipinski definition) is 2. The smallest absolute Gasteiger partial charge is 0.253 e. The van der Waals surface area contributed by atoms with Gasteiger partial charge < -0.3 is 15.5 Å². The van der Waals surface area contributed by atoms with E-state index < -0.39 is 0 Å². The van der Waals surface area contributed by atoms with Gasteiger partial charge >= 0.3 is 0 Å². The molecule has 1 heterocycles. The van der Waals surface area contributed by atoms with Crippen molar-refractivity contribution in [2.75, 3.05) is 26.7 Å². The van der Waals surface area contributed by atoms with Crippen LogP contribution in [0, 0.1) is 0 Å². The summed E-state index contributed by atoms with van der Waals surface area (Å²) in [5.41, 5.74) is 1.85. The molecule has 7 heteroatoms. The van der Waals surface area contributed by atoms with Crippen LogP contribution >= 0.6 is 35.7 Å². The van der Waals surface area contributed by atoms with Crippen LogP contribution < -0.4 is 10.6 Å². The molecule has 1 atom stereocenters. The molecular formula is C24H33IN4OS. The Bertz CT molecular complexity index is 840. The first kappa shape index (κ1) is 25.5. The third kappa shape index (κ3) is 8.37. The van der Waals surface area contributed by atoms with Crippen molar-refractivity contribution in [2.45, 2.75) is 42.9 Å². The summed E-state index contributed by atoms with van der Waals surface area (Å²) in [5.74, 6) is 0.911. The average Bonchev–Trinajstić information content (AvgIpc) is 2.80. The standard InChI is InChI=1S/C24H32N4OS.HI/c1-19(30-22-12-5-3-6-13-22)17-26-24(25-2)27-18-20-10-9-11-21(16-20)23(29)28-14-7-4-8-15-28;/h3,5-6,9-13,16,19H,4,7-8,14-15,17-18H2,1-2H3,(H2,25,26,27);1H. The second kappa shape index (κ2) is 13.6. The Labute approximate surface area is 207 Å². The Balaban J connectivity index is 0.00000341. The van der Waals surface area contributed by atoms with E-state index in [2.05, 4.69) is 46.8 Å². The average molecular weight is 553 g/mol. The highest BCUT2D eigenvalue weighted by molar-refractivity contribution is 14.0. The van der Waals surface area contributed by atoms with Crippen molar-refractivity contribution in [3.8, 4) is 0 Å². The van der Waals surface area contributed by atoms with E-state index in [9.17, 15) is 4.79 Å². The maximum atomic E-state index is 12.7. The number of amides is 1. The number of carbonyl (C=O) groups is 1. The molecule has 0 aliphatic carbocycles. The lowest BCUT2D eigenvalue weighted by molar-refractivity contribution is 0.0724. The highest BCUT2D eigenvalue weighted by Gasteiger charge is 2.18. The molecule has 31 heavy (non-hydrogen) atoms. The van der Waals surface area contributed by atoms with Crippen LogP contribution in [0.3, 0.4) is 0 Å². The van der Waals surface area contributed by atoms with E-state index in [0.717, 1.165) is 49.6 Å². The van der Waals surface area contributed by atoms with Crippen molar-refractivity contribution in [3.05, 3.63) is 65.7 Å². The highest BCUT2D eigenvalue weighted by atomic mass is 127. The summed E-state index contributed by atoms with van der Waals surface area (Å²) < 4.78 is 0. The fraction of sp³-hybridized carbons (Fsp3) is 0.417. The number of hydrogen-bond acceptors (Lipinski definition) is 3. The first-order valence-corrected chi connectivity index (χ1v) is 11.6. The van der Waals surface area contributed by atoms with Crippen LogP contribution in [-0.2, 0) is 6.54 Å². The van der Waals surface area contributed by atoms with Crippen molar-refractivity contribution in [1.82, 2.24) is 15.5 Å². The Morgan fingerprint density at radius 1 is 1.06 bits per heavy atom. The van der Waals surface area contributed by atoms with Gasteiger partial charge in [0.1, 0.15) is 0 Å². The van der Waals surface area contributed by atoms with E-state index in [-0.39, 0.29) is 29.9 Å². The quantitative estimate of drug-likeness (QED) is 0.225. The summed E-state index contributed by atoms with van der Waals surface area (Å²) in [7, 11) is 1.78. The van der Waals surface area contributed by atoms with Crippen LogP contribution in [0.2, 0.25) is 0 Å². The molecule has 2 aromatic rings. The van der Waals surface area contributed by atoms with Crippen LogP contribution in [0.1, 0.15) is 42.1 Å². The molecule has 0 aromatic heterocycles. The fourth-order valence-corrected chi connectivity index (χ4v) is 4.46. The minimum atomic E-state index is 0. The number of nitrogens with one attached hydrogen (secondary N) is 2. The van der Waals surface area contributed by atoms with Crippen LogP contribution in [0.15, 0.2) is 64.5 Å². The zero-order chi connectivity index (χ0) is 21.2. The van der Waals surface area contributed by atoms with Crippen LogP contribution in [0.25, 0.3) is 0 Å². The lowest BCUT2D eigenvalue weighted by Crippen LogP contribution is -2.39. The van der Waals surface area contributed by atoms with E-state index >= 15 is 0 Å². The van der Waals surface area contributed by atoms with Gasteiger partial charge in [0.05, 0.1) is 0 Å². The second-order valence-corrected chi connectivity index (χ2v) is 9.11. The lowest BCUT2D eigenvalue weighted by Gasteiger charge is -2.26. The number of rotatable bonds is 7. The Morgan fingerprint density at radius 2 is 1.81 bits per heavy atom. The Morgan fingerprint density at radius 3 is 2.52 bits per heavy atom. The van der Waals surface area contributed by atoms with Crippen molar-refractivity contribution in [1.29, 1.82) is 0 Å². The van der Waals surface area contributed by atoms with Crippen molar-refractivity contribution < 1.29 is 4.79 Å². The van der Waals surface area contributed by atoms with Gasteiger partial charge in [0.25, 0.3) is 5.91 Å². The summed E-state index contributed by atoms with van der Waals surface area (Å²) >= 11 is 1.84. The zero-order valence-corrected chi connectivity index (χ0v) is 21.5. The first-order valence-electron chi connectivity index (χ1n) is 10.7. The van der Waals surface area contributed by atoms with Gasteiger partial charge in [-0.15, -0.1) is 35.7 Å². The molecule has 2 N–H and O–H groups in total. The minimum absolute atomic E-state index is 0. The van der Waals surface area contributed by atoms with Gasteiger partial charge in [-0.2, -0.15) is 0 Å². The predicted molar refractivity (Wildman–Crippen MR) is 142 cm³/mol. The van der Waals surface area contributed by atoms with Gasteiger partial charge in [0.2, 0.25) is 0 Å². The Kier molecular flexibility index (Phi) is 11.2. The first-order chi connectivity index (χ1) is 14.7. The second-order valence-electron chi connectivity index (χ2n) is 7.60. The number of halogens is 1. The molecule has 1 aliphatic rings. The Hall–Kier alpha value is -1.74. The molecule has 1 unspecified atom stereocenters. The number of thioether (sulfide) groups is 1. The molecule has 5 nitrogen and oxygen atoms in total. The van der Waals surface area contributed by atoms with Crippen LogP contribution in [0.5, 0.6) is 0 Å². The molecule has 0 radical (unpaired) electrons. The molecule has 0 saturated carbocycles. The number of piperidine rings is 1. The van der Waals surface area contributed by atoms with Crippen molar-refractivity contribution >= 4 is 47.6 Å². The number of likely N-dealkylation sites (tertiary alicyclic amines) is 1. The molecule has 0 bridgehead atoms. The van der Waals surface area contributed by atoms with Crippen molar-refractivity contribution in [3.63, 3.8) is 0 Å². The number of aliphatic imine (C=N–C) groups is 1. The molecule has 1 aliphatic heterocycles. The fourth-order valence-electron chi connectivity index (χ4n) is 3.51. The molecular weight excluding hydrogens is 519 g/mol. The van der Waals surface area contributed by atoms with E-state index in [1.807, 2.05) is 47.0 Å². The number of guanidine groups is 1.